The van der Waals surface area contributed by atoms with Crippen LogP contribution in [0.25, 0.3) is 0 Å². The lowest BCUT2D eigenvalue weighted by Gasteiger charge is -2.30. The van der Waals surface area contributed by atoms with E-state index < -0.39 is 17.7 Å². The van der Waals surface area contributed by atoms with Crippen LogP contribution in [0, 0.1) is 12.8 Å². The van der Waals surface area contributed by atoms with Crippen LogP contribution in [0.3, 0.4) is 0 Å². The van der Waals surface area contributed by atoms with Gasteiger partial charge in [-0.3, -0.25) is 19.5 Å². The maximum atomic E-state index is 12.9. The second-order valence-corrected chi connectivity index (χ2v) is 6.86. The fourth-order valence-corrected chi connectivity index (χ4v) is 2.95. The van der Waals surface area contributed by atoms with Crippen LogP contribution in [0.1, 0.15) is 5.56 Å². The van der Waals surface area contributed by atoms with Crippen molar-refractivity contribution in [2.45, 2.75) is 6.92 Å². The van der Waals surface area contributed by atoms with Gasteiger partial charge in [0, 0.05) is 26.0 Å². The van der Waals surface area contributed by atoms with Gasteiger partial charge >= 0.3 is 0 Å². The molecule has 1 saturated heterocycles. The molecule has 0 spiro atoms. The molecule has 27 heavy (non-hydrogen) atoms. The Morgan fingerprint density at radius 1 is 1.07 bits per heavy atom. The van der Waals surface area contributed by atoms with Crippen LogP contribution in [0.2, 0.25) is 0 Å². The van der Waals surface area contributed by atoms with E-state index in [9.17, 15) is 9.59 Å². The van der Waals surface area contributed by atoms with E-state index >= 15 is 0 Å². The number of rotatable bonds is 4. The molecule has 0 aromatic heterocycles. The number of nitrogens with one attached hydrogen (secondary N) is 1. The number of anilines is 2. The van der Waals surface area contributed by atoms with Gasteiger partial charge in [0.1, 0.15) is 0 Å². The second kappa shape index (κ2) is 7.67. The molecular formula is C20H20N4O2S. The lowest BCUT2D eigenvalue weighted by Crippen LogP contribution is -2.58. The first-order chi connectivity index (χ1) is 12.9. The van der Waals surface area contributed by atoms with Crippen molar-refractivity contribution in [1.29, 1.82) is 0 Å². The molecule has 2 aromatic carbocycles. The van der Waals surface area contributed by atoms with E-state index in [1.807, 2.05) is 62.3 Å². The van der Waals surface area contributed by atoms with Crippen LogP contribution in [0.5, 0.6) is 0 Å². The number of hydrogen-bond acceptors (Lipinski definition) is 5. The predicted molar refractivity (Wildman–Crippen MR) is 112 cm³/mol. The zero-order valence-corrected chi connectivity index (χ0v) is 16.2. The van der Waals surface area contributed by atoms with Crippen molar-refractivity contribution in [1.82, 2.24) is 5.32 Å². The van der Waals surface area contributed by atoms with Crippen LogP contribution in [-0.2, 0) is 9.59 Å². The number of amides is 2. The number of aryl methyl sites for hydroxylation is 1. The zero-order chi connectivity index (χ0) is 19.6. The van der Waals surface area contributed by atoms with Crippen molar-refractivity contribution >= 4 is 52.4 Å². The second-order valence-electron chi connectivity index (χ2n) is 6.47. The highest BCUT2D eigenvalue weighted by molar-refractivity contribution is 7.80. The van der Waals surface area contributed by atoms with Gasteiger partial charge < -0.3 is 10.2 Å². The average molecular weight is 380 g/mol. The van der Waals surface area contributed by atoms with E-state index in [2.05, 4.69) is 10.3 Å². The molecule has 0 bridgehead atoms. The van der Waals surface area contributed by atoms with Gasteiger partial charge in [0.25, 0.3) is 5.91 Å². The molecule has 0 saturated carbocycles. The molecule has 0 radical (unpaired) electrons. The van der Waals surface area contributed by atoms with Gasteiger partial charge in [-0.1, -0.05) is 17.7 Å². The van der Waals surface area contributed by atoms with Crippen molar-refractivity contribution in [2.24, 2.45) is 10.9 Å². The van der Waals surface area contributed by atoms with E-state index in [0.717, 1.165) is 11.3 Å². The summed E-state index contributed by atoms with van der Waals surface area (Å²) >= 11 is 5.19. The summed E-state index contributed by atoms with van der Waals surface area (Å²) in [5.41, 5.74) is 3.38. The first kappa shape index (κ1) is 18.7. The first-order valence-corrected chi connectivity index (χ1v) is 8.84. The lowest BCUT2D eigenvalue weighted by atomic mass is 10.1. The van der Waals surface area contributed by atoms with Crippen molar-refractivity contribution in [3.05, 3.63) is 54.1 Å². The smallest absolute Gasteiger partial charge is 0.251 e. The quantitative estimate of drug-likeness (QED) is 0.503. The summed E-state index contributed by atoms with van der Waals surface area (Å²) in [5.74, 6) is -1.92. The molecule has 1 heterocycles. The highest BCUT2D eigenvalue weighted by Crippen LogP contribution is 2.22. The maximum absolute atomic E-state index is 12.9. The molecule has 1 fully saturated rings. The Balaban J connectivity index is 1.83. The van der Waals surface area contributed by atoms with Crippen LogP contribution < -0.4 is 15.1 Å². The number of thiocarbonyl (C=S) groups is 1. The van der Waals surface area contributed by atoms with Crippen molar-refractivity contribution in [3.8, 4) is 0 Å². The summed E-state index contributed by atoms with van der Waals surface area (Å²) in [6.07, 6.45) is 1.37. The summed E-state index contributed by atoms with van der Waals surface area (Å²) in [5, 5.41) is 2.66. The van der Waals surface area contributed by atoms with Crippen molar-refractivity contribution < 1.29 is 9.59 Å². The van der Waals surface area contributed by atoms with E-state index in [0.29, 0.717) is 11.4 Å². The highest BCUT2D eigenvalue weighted by Gasteiger charge is 2.38. The minimum atomic E-state index is -1.04. The van der Waals surface area contributed by atoms with Crippen LogP contribution in [0.15, 0.2) is 53.5 Å². The molecule has 138 valence electrons. The van der Waals surface area contributed by atoms with Gasteiger partial charge in [-0.25, -0.2) is 0 Å². The Bertz CT molecular complexity index is 905. The van der Waals surface area contributed by atoms with Crippen molar-refractivity contribution in [3.63, 3.8) is 0 Å². The van der Waals surface area contributed by atoms with E-state index in [1.165, 1.54) is 11.1 Å². The topological polar surface area (TPSA) is 65.0 Å². The van der Waals surface area contributed by atoms with Crippen LogP contribution in [-0.4, -0.2) is 37.2 Å². The van der Waals surface area contributed by atoms with E-state index in [1.54, 1.807) is 12.1 Å². The minimum absolute atomic E-state index is 0.0776. The SMILES string of the molecule is Cc1ccc(N2C(=O)[C@@H](C=Nc3ccc(N(C)C)cc3)C(=O)NC2=S)cc1. The third kappa shape index (κ3) is 4.03. The number of hydrogen-bond donors (Lipinski definition) is 1. The Hall–Kier alpha value is -3.06. The number of nitrogens with zero attached hydrogens (tertiary/aromatic N) is 3. The summed E-state index contributed by atoms with van der Waals surface area (Å²) < 4.78 is 0. The van der Waals surface area contributed by atoms with Crippen LogP contribution in [0.4, 0.5) is 17.1 Å². The summed E-state index contributed by atoms with van der Waals surface area (Å²) in [6, 6.07) is 14.9. The molecule has 7 heteroatoms. The molecule has 6 nitrogen and oxygen atoms in total. The molecule has 2 amide bonds. The molecule has 0 aliphatic carbocycles. The molecule has 1 N–H and O–H groups in total. The van der Waals surface area contributed by atoms with Crippen LogP contribution >= 0.6 is 12.2 Å². The largest absolute Gasteiger partial charge is 0.378 e. The predicted octanol–water partition coefficient (Wildman–Crippen LogP) is 2.83. The number of carbonyl (C=O) groups excluding carboxylic acids is 2. The van der Waals surface area contributed by atoms with Gasteiger partial charge in [-0.2, -0.15) is 0 Å². The van der Waals surface area contributed by atoms with Gasteiger partial charge in [-0.15, -0.1) is 0 Å². The Labute approximate surface area is 163 Å². The Morgan fingerprint density at radius 3 is 2.30 bits per heavy atom. The Kier molecular flexibility index (Phi) is 5.32. The molecular weight excluding hydrogens is 360 g/mol. The fourth-order valence-electron chi connectivity index (χ4n) is 2.66. The van der Waals surface area contributed by atoms with E-state index in [4.69, 9.17) is 12.2 Å². The molecule has 1 aliphatic heterocycles. The molecule has 0 unspecified atom stereocenters. The van der Waals surface area contributed by atoms with Gasteiger partial charge in [-0.05, 0) is 55.5 Å². The standard InChI is InChI=1S/C20H20N4O2S/c1-13-4-8-16(9-5-13)24-19(26)17(18(25)22-20(24)27)12-21-14-6-10-15(11-7-14)23(2)3/h4-12,17H,1-3H3,(H,22,25,27)/t17-/m0/s1. The number of benzene rings is 2. The summed E-state index contributed by atoms with van der Waals surface area (Å²) in [6.45, 7) is 1.96. The normalized spacial score (nSPS) is 17.4. The number of carbonyl (C=O) groups is 2. The third-order valence-electron chi connectivity index (χ3n) is 4.23. The third-order valence-corrected chi connectivity index (χ3v) is 4.52. The first-order valence-electron chi connectivity index (χ1n) is 8.44. The monoisotopic (exact) mass is 380 g/mol. The molecule has 2 aromatic rings. The highest BCUT2D eigenvalue weighted by atomic mass is 32.1. The summed E-state index contributed by atoms with van der Waals surface area (Å²) in [7, 11) is 3.90. The zero-order valence-electron chi connectivity index (χ0n) is 15.3. The van der Waals surface area contributed by atoms with Gasteiger partial charge in [0.2, 0.25) is 5.91 Å². The van der Waals surface area contributed by atoms with E-state index in [-0.39, 0.29) is 5.11 Å². The Morgan fingerprint density at radius 2 is 1.70 bits per heavy atom. The lowest BCUT2D eigenvalue weighted by molar-refractivity contribution is -0.130. The number of aliphatic imine (C=N–C) groups is 1. The average Bonchev–Trinajstić information content (AvgIpc) is 2.63. The summed E-state index contributed by atoms with van der Waals surface area (Å²) in [4.78, 5) is 32.8. The van der Waals surface area contributed by atoms with Gasteiger partial charge in [0.15, 0.2) is 11.0 Å². The molecule has 1 atom stereocenters. The minimum Gasteiger partial charge on any atom is -0.378 e. The fraction of sp³-hybridized carbons (Fsp3) is 0.200. The maximum Gasteiger partial charge on any atom is 0.251 e. The molecule has 3 rings (SSSR count). The molecule has 1 aliphatic rings. The van der Waals surface area contributed by atoms with Crippen molar-refractivity contribution in [2.75, 3.05) is 23.9 Å². The van der Waals surface area contributed by atoms with Gasteiger partial charge in [0.05, 0.1) is 11.4 Å².